The predicted molar refractivity (Wildman–Crippen MR) is 127 cm³/mol. The number of ether oxygens (including phenoxy) is 3. The summed E-state index contributed by atoms with van der Waals surface area (Å²) < 4.78 is 16.4. The number of thiazole rings is 1. The molecule has 9 heteroatoms. The van der Waals surface area contributed by atoms with Gasteiger partial charge in [-0.3, -0.25) is 20.4 Å². The van der Waals surface area contributed by atoms with Crippen LogP contribution in [-0.4, -0.2) is 37.6 Å². The second-order valence-electron chi connectivity index (χ2n) is 7.54. The number of hydrazine groups is 1. The molecule has 2 amide bonds. The van der Waals surface area contributed by atoms with Crippen LogP contribution in [0, 0.1) is 5.92 Å². The number of carbonyl (C=O) groups is 2. The van der Waals surface area contributed by atoms with Crippen molar-refractivity contribution in [1.82, 2.24) is 15.8 Å². The van der Waals surface area contributed by atoms with Gasteiger partial charge in [0.25, 0.3) is 11.8 Å². The monoisotopic (exact) mass is 469 g/mol. The second-order valence-corrected chi connectivity index (χ2v) is 8.40. The molecule has 0 saturated heterocycles. The number of methoxy groups -OCH3 is 2. The van der Waals surface area contributed by atoms with Gasteiger partial charge in [0, 0.05) is 10.9 Å². The summed E-state index contributed by atoms with van der Waals surface area (Å²) in [6.07, 6.45) is 0.910. The van der Waals surface area contributed by atoms with Gasteiger partial charge in [-0.25, -0.2) is 4.98 Å². The molecule has 0 unspecified atom stereocenters. The Morgan fingerprint density at radius 2 is 1.70 bits per heavy atom. The minimum absolute atomic E-state index is 0.188. The summed E-state index contributed by atoms with van der Waals surface area (Å²) in [4.78, 5) is 29.3. The highest BCUT2D eigenvalue weighted by atomic mass is 32.1. The molecule has 2 aromatic carbocycles. The number of benzene rings is 2. The molecule has 3 aromatic rings. The smallest absolute Gasteiger partial charge is 0.289 e. The van der Waals surface area contributed by atoms with Crippen molar-refractivity contribution < 1.29 is 23.8 Å². The molecule has 1 aromatic heterocycles. The molecule has 33 heavy (non-hydrogen) atoms. The molecule has 8 nitrogen and oxygen atoms in total. The highest BCUT2D eigenvalue weighted by Gasteiger charge is 2.16. The lowest BCUT2D eigenvalue weighted by Gasteiger charge is -2.13. The normalized spacial score (nSPS) is 10.6. The Morgan fingerprint density at radius 3 is 2.42 bits per heavy atom. The summed E-state index contributed by atoms with van der Waals surface area (Å²) in [5.74, 6) is 1.17. The van der Waals surface area contributed by atoms with E-state index in [2.05, 4.69) is 29.7 Å². The van der Waals surface area contributed by atoms with E-state index in [9.17, 15) is 9.59 Å². The van der Waals surface area contributed by atoms with Gasteiger partial charge < -0.3 is 14.2 Å². The number of hydrogen-bond acceptors (Lipinski definition) is 7. The Morgan fingerprint density at radius 1 is 0.970 bits per heavy atom. The van der Waals surface area contributed by atoms with E-state index in [1.807, 2.05) is 24.3 Å². The Balaban J connectivity index is 1.61. The molecule has 1 heterocycles. The zero-order chi connectivity index (χ0) is 23.8. The largest absolute Gasteiger partial charge is 0.496 e. The minimum Gasteiger partial charge on any atom is -0.496 e. The van der Waals surface area contributed by atoms with Crippen LogP contribution in [0.1, 0.15) is 41.1 Å². The molecule has 2 N–H and O–H groups in total. The van der Waals surface area contributed by atoms with Crippen molar-refractivity contribution in [2.24, 2.45) is 5.92 Å². The first-order chi connectivity index (χ1) is 15.9. The van der Waals surface area contributed by atoms with Crippen LogP contribution < -0.4 is 25.1 Å². The van der Waals surface area contributed by atoms with E-state index in [1.54, 1.807) is 30.7 Å². The number of rotatable bonds is 9. The first kappa shape index (κ1) is 24.1. The van der Waals surface area contributed by atoms with Gasteiger partial charge in [-0.2, -0.15) is 0 Å². The van der Waals surface area contributed by atoms with Crippen molar-refractivity contribution in [3.63, 3.8) is 0 Å². The average Bonchev–Trinajstić information content (AvgIpc) is 3.32. The first-order valence-corrected chi connectivity index (χ1v) is 11.3. The highest BCUT2D eigenvalue weighted by Crippen LogP contribution is 2.32. The topological polar surface area (TPSA) is 98.8 Å². The molecule has 0 saturated carbocycles. The zero-order valence-electron chi connectivity index (χ0n) is 19.0. The molecular weight excluding hydrogens is 442 g/mol. The van der Waals surface area contributed by atoms with Gasteiger partial charge >= 0.3 is 0 Å². The van der Waals surface area contributed by atoms with Crippen molar-refractivity contribution in [2.75, 3.05) is 20.8 Å². The van der Waals surface area contributed by atoms with E-state index in [4.69, 9.17) is 14.2 Å². The Bertz CT molecular complexity index is 1110. The van der Waals surface area contributed by atoms with Crippen molar-refractivity contribution in [3.05, 3.63) is 59.1 Å². The molecule has 0 bridgehead atoms. The maximum Gasteiger partial charge on any atom is 0.289 e. The number of nitrogens with one attached hydrogen (secondary N) is 2. The maximum atomic E-state index is 12.5. The summed E-state index contributed by atoms with van der Waals surface area (Å²) in [7, 11) is 3.09. The second kappa shape index (κ2) is 11.3. The van der Waals surface area contributed by atoms with Crippen LogP contribution in [0.25, 0.3) is 10.6 Å². The first-order valence-electron chi connectivity index (χ1n) is 10.4. The quantitative estimate of drug-likeness (QED) is 0.453. The minimum atomic E-state index is -0.527. The lowest BCUT2D eigenvalue weighted by Crippen LogP contribution is -2.41. The van der Waals surface area contributed by atoms with Crippen LogP contribution in [0.15, 0.2) is 47.8 Å². The summed E-state index contributed by atoms with van der Waals surface area (Å²) in [5.41, 5.74) is 6.09. The average molecular weight is 470 g/mol. The molecule has 0 spiro atoms. The molecule has 0 aliphatic rings. The molecule has 174 valence electrons. The van der Waals surface area contributed by atoms with Crippen LogP contribution >= 0.6 is 11.3 Å². The Kier molecular flexibility index (Phi) is 8.26. The lowest BCUT2D eigenvalue weighted by atomic mass is 10.1. The summed E-state index contributed by atoms with van der Waals surface area (Å²) >= 11 is 1.31. The number of aromatic nitrogens is 1. The highest BCUT2D eigenvalue weighted by molar-refractivity contribution is 7.13. The fourth-order valence-electron chi connectivity index (χ4n) is 2.91. The zero-order valence-corrected chi connectivity index (χ0v) is 19.8. The molecule has 0 aliphatic heterocycles. The van der Waals surface area contributed by atoms with Gasteiger partial charge in [0.15, 0.2) is 11.5 Å². The van der Waals surface area contributed by atoms with E-state index in [1.165, 1.54) is 18.4 Å². The standard InChI is InChI=1S/C24H27N3O5S/c1-15(2)11-12-32-20-10-9-16(13-21(20)31-4)22(28)26-27-23(29)18-14-33-24(25-18)17-7-5-6-8-19(17)30-3/h5-10,13-15H,11-12H2,1-4H3,(H,26,28)(H,27,29). The van der Waals surface area contributed by atoms with Gasteiger partial charge in [0.2, 0.25) is 0 Å². The van der Waals surface area contributed by atoms with Crippen molar-refractivity contribution in [2.45, 2.75) is 20.3 Å². The van der Waals surface area contributed by atoms with Crippen LogP contribution in [0.5, 0.6) is 17.2 Å². The fourth-order valence-corrected chi connectivity index (χ4v) is 3.74. The van der Waals surface area contributed by atoms with Crippen LogP contribution in [-0.2, 0) is 0 Å². The third-order valence-electron chi connectivity index (χ3n) is 4.74. The van der Waals surface area contributed by atoms with Gasteiger partial charge in [-0.1, -0.05) is 26.0 Å². The SMILES string of the molecule is COc1cc(C(=O)NNC(=O)c2csc(-c3ccccc3OC)n2)ccc1OCCC(C)C. The third kappa shape index (κ3) is 6.23. The number of hydrogen-bond donors (Lipinski definition) is 2. The van der Waals surface area contributed by atoms with Crippen molar-refractivity contribution >= 4 is 23.2 Å². The Hall–Kier alpha value is -3.59. The van der Waals surface area contributed by atoms with E-state index in [0.29, 0.717) is 40.3 Å². The van der Waals surface area contributed by atoms with E-state index < -0.39 is 11.8 Å². The van der Waals surface area contributed by atoms with E-state index in [-0.39, 0.29) is 5.69 Å². The fraction of sp³-hybridized carbons (Fsp3) is 0.292. The number of para-hydroxylation sites is 1. The molecular formula is C24H27N3O5S. The van der Waals surface area contributed by atoms with E-state index in [0.717, 1.165) is 12.0 Å². The summed E-state index contributed by atoms with van der Waals surface area (Å²) in [6.45, 7) is 4.79. The number of amides is 2. The van der Waals surface area contributed by atoms with E-state index >= 15 is 0 Å². The van der Waals surface area contributed by atoms with Gasteiger partial charge in [0.1, 0.15) is 16.5 Å². The number of carbonyl (C=O) groups excluding carboxylic acids is 2. The molecule has 3 rings (SSSR count). The van der Waals surface area contributed by atoms with Crippen molar-refractivity contribution in [3.8, 4) is 27.8 Å². The lowest BCUT2D eigenvalue weighted by molar-refractivity contribution is 0.0844. The summed E-state index contributed by atoms with van der Waals surface area (Å²) in [5, 5.41) is 2.26. The predicted octanol–water partition coefficient (Wildman–Crippen LogP) is 4.33. The molecule has 0 atom stereocenters. The third-order valence-corrected chi connectivity index (χ3v) is 5.62. The molecule has 0 radical (unpaired) electrons. The maximum absolute atomic E-state index is 12.5. The van der Waals surface area contributed by atoms with Crippen LogP contribution in [0.2, 0.25) is 0 Å². The van der Waals surface area contributed by atoms with Gasteiger partial charge in [-0.15, -0.1) is 11.3 Å². The van der Waals surface area contributed by atoms with Crippen LogP contribution in [0.3, 0.4) is 0 Å². The Labute approximate surface area is 196 Å². The summed E-state index contributed by atoms with van der Waals surface area (Å²) in [6, 6.07) is 12.3. The van der Waals surface area contributed by atoms with Gasteiger partial charge in [0.05, 0.1) is 26.4 Å². The van der Waals surface area contributed by atoms with Crippen molar-refractivity contribution in [1.29, 1.82) is 0 Å². The molecule has 0 aliphatic carbocycles. The molecule has 0 fully saturated rings. The number of nitrogens with zero attached hydrogens (tertiary/aromatic N) is 1. The van der Waals surface area contributed by atoms with Gasteiger partial charge in [-0.05, 0) is 42.7 Å². The van der Waals surface area contributed by atoms with Crippen LogP contribution in [0.4, 0.5) is 0 Å².